The van der Waals surface area contributed by atoms with Crippen molar-refractivity contribution in [1.29, 1.82) is 0 Å². The van der Waals surface area contributed by atoms with Gasteiger partial charge in [-0.15, -0.1) is 0 Å². The number of halogens is 1. The highest BCUT2D eigenvalue weighted by atomic mass is 35.5. The normalized spacial score (nSPS) is 9.93. The van der Waals surface area contributed by atoms with E-state index in [9.17, 15) is 9.59 Å². The summed E-state index contributed by atoms with van der Waals surface area (Å²) in [6.45, 7) is 0. The number of nitrogens with one attached hydrogen (secondary N) is 3. The molecule has 0 aliphatic rings. The van der Waals surface area contributed by atoms with Gasteiger partial charge >= 0.3 is 0 Å². The van der Waals surface area contributed by atoms with Crippen LogP contribution in [0.1, 0.15) is 15.9 Å². The number of hydrogen-bond donors (Lipinski definition) is 3. The molecule has 0 fully saturated rings. The number of benzene rings is 2. The number of thiocarbonyl (C=S) groups is 1. The number of hydrogen-bond acceptors (Lipinski definition) is 6. The van der Waals surface area contributed by atoms with E-state index in [0.717, 1.165) is 5.56 Å². The molecule has 3 N–H and O–H groups in total. The van der Waals surface area contributed by atoms with Crippen LogP contribution in [0.3, 0.4) is 0 Å². The highest BCUT2D eigenvalue weighted by Gasteiger charge is 2.17. The number of amides is 2. The summed E-state index contributed by atoms with van der Waals surface area (Å²) in [5, 5.41) is 2.97. The molecule has 0 aromatic heterocycles. The first kappa shape index (κ1) is 22.3. The molecule has 0 radical (unpaired) electrons. The Labute approximate surface area is 178 Å². The summed E-state index contributed by atoms with van der Waals surface area (Å²) in [5.41, 5.74) is 5.91. The number of methoxy groups -OCH3 is 3. The molecule has 8 nitrogen and oxygen atoms in total. The Bertz CT molecular complexity index is 880. The fourth-order valence-corrected chi connectivity index (χ4v) is 2.65. The maximum Gasteiger partial charge on any atom is 0.257 e. The van der Waals surface area contributed by atoms with Crippen LogP contribution in [0.15, 0.2) is 36.4 Å². The minimum atomic E-state index is -0.520. The van der Waals surface area contributed by atoms with Crippen LogP contribution < -0.4 is 30.4 Å². The minimum absolute atomic E-state index is 0.0757. The second-order valence-corrected chi connectivity index (χ2v) is 6.52. The van der Waals surface area contributed by atoms with Gasteiger partial charge in [-0.25, -0.2) is 0 Å². The molecular formula is C19H20ClN3O5S. The third kappa shape index (κ3) is 6.23. The quantitative estimate of drug-likeness (QED) is 0.471. The van der Waals surface area contributed by atoms with E-state index in [1.807, 2.05) is 0 Å². The lowest BCUT2D eigenvalue weighted by Gasteiger charge is -2.15. The molecule has 0 bridgehead atoms. The highest BCUT2D eigenvalue weighted by Crippen LogP contribution is 2.38. The zero-order valence-electron chi connectivity index (χ0n) is 16.0. The predicted molar refractivity (Wildman–Crippen MR) is 113 cm³/mol. The molecule has 0 atom stereocenters. The van der Waals surface area contributed by atoms with E-state index in [4.69, 9.17) is 38.0 Å². The van der Waals surface area contributed by atoms with Gasteiger partial charge in [-0.1, -0.05) is 23.7 Å². The van der Waals surface area contributed by atoms with Gasteiger partial charge in [0.2, 0.25) is 11.7 Å². The van der Waals surface area contributed by atoms with E-state index in [1.165, 1.54) is 33.5 Å². The molecule has 0 saturated carbocycles. The van der Waals surface area contributed by atoms with Crippen molar-refractivity contribution in [2.45, 2.75) is 6.42 Å². The molecular weight excluding hydrogens is 418 g/mol. The first-order valence-electron chi connectivity index (χ1n) is 8.32. The van der Waals surface area contributed by atoms with E-state index >= 15 is 0 Å². The Morgan fingerprint density at radius 3 is 2.07 bits per heavy atom. The van der Waals surface area contributed by atoms with Crippen molar-refractivity contribution >= 4 is 40.7 Å². The van der Waals surface area contributed by atoms with Crippen LogP contribution in [0, 0.1) is 0 Å². The summed E-state index contributed by atoms with van der Waals surface area (Å²) in [6.07, 6.45) is 0.119. The number of hydrazine groups is 1. The largest absolute Gasteiger partial charge is 0.493 e. The van der Waals surface area contributed by atoms with Gasteiger partial charge in [0.25, 0.3) is 5.91 Å². The Hall–Kier alpha value is -3.04. The van der Waals surface area contributed by atoms with Gasteiger partial charge in [-0.3, -0.25) is 25.8 Å². The van der Waals surface area contributed by atoms with Gasteiger partial charge in [0, 0.05) is 10.6 Å². The molecule has 2 rings (SSSR count). The fourth-order valence-electron chi connectivity index (χ4n) is 2.38. The smallest absolute Gasteiger partial charge is 0.257 e. The average molecular weight is 438 g/mol. The van der Waals surface area contributed by atoms with E-state index in [0.29, 0.717) is 22.3 Å². The monoisotopic (exact) mass is 437 g/mol. The summed E-state index contributed by atoms with van der Waals surface area (Å²) in [5.74, 6) is 0.159. The van der Waals surface area contributed by atoms with Crippen LogP contribution in [0.4, 0.5) is 0 Å². The summed E-state index contributed by atoms with van der Waals surface area (Å²) in [6, 6.07) is 9.84. The SMILES string of the molecule is COc1cc(C(=O)NC(=S)NNC(=O)Cc2ccc(Cl)cc2)cc(OC)c1OC. The van der Waals surface area contributed by atoms with Crippen LogP contribution in [0.2, 0.25) is 5.02 Å². The third-order valence-corrected chi connectivity index (χ3v) is 4.20. The third-order valence-electron chi connectivity index (χ3n) is 3.75. The van der Waals surface area contributed by atoms with E-state index < -0.39 is 5.91 Å². The lowest BCUT2D eigenvalue weighted by Crippen LogP contribution is -2.48. The second kappa shape index (κ2) is 10.5. The first-order valence-corrected chi connectivity index (χ1v) is 9.11. The topological polar surface area (TPSA) is 97.9 Å². The Morgan fingerprint density at radius 1 is 0.966 bits per heavy atom. The fraction of sp³-hybridized carbons (Fsp3) is 0.211. The van der Waals surface area contributed by atoms with Crippen LogP contribution in [-0.2, 0) is 11.2 Å². The van der Waals surface area contributed by atoms with Crippen LogP contribution in [0.25, 0.3) is 0 Å². The van der Waals surface area contributed by atoms with Gasteiger partial charge in [0.05, 0.1) is 27.8 Å². The number of carbonyl (C=O) groups excluding carboxylic acids is 2. The predicted octanol–water partition coefficient (Wildman–Crippen LogP) is 2.24. The van der Waals surface area contributed by atoms with Crippen molar-refractivity contribution in [3.63, 3.8) is 0 Å². The summed E-state index contributed by atoms with van der Waals surface area (Å²) >= 11 is 10.9. The minimum Gasteiger partial charge on any atom is -0.493 e. The lowest BCUT2D eigenvalue weighted by atomic mass is 10.1. The Morgan fingerprint density at radius 2 is 1.55 bits per heavy atom. The highest BCUT2D eigenvalue weighted by molar-refractivity contribution is 7.80. The molecule has 0 aliphatic heterocycles. The molecule has 10 heteroatoms. The van der Waals surface area contributed by atoms with Crippen LogP contribution in [-0.4, -0.2) is 38.3 Å². The zero-order valence-corrected chi connectivity index (χ0v) is 17.6. The molecule has 29 heavy (non-hydrogen) atoms. The molecule has 2 aromatic rings. The van der Waals surface area contributed by atoms with Crippen molar-refractivity contribution < 1.29 is 23.8 Å². The van der Waals surface area contributed by atoms with Crippen LogP contribution in [0.5, 0.6) is 17.2 Å². The van der Waals surface area contributed by atoms with E-state index in [-0.39, 0.29) is 23.0 Å². The number of carbonyl (C=O) groups is 2. The summed E-state index contributed by atoms with van der Waals surface area (Å²) in [7, 11) is 4.36. The molecule has 0 spiro atoms. The van der Waals surface area contributed by atoms with Gasteiger partial charge in [-0.05, 0) is 42.0 Å². The van der Waals surface area contributed by atoms with Gasteiger partial charge < -0.3 is 14.2 Å². The number of rotatable bonds is 6. The van der Waals surface area contributed by atoms with Crippen molar-refractivity contribution in [1.82, 2.24) is 16.2 Å². The summed E-state index contributed by atoms with van der Waals surface area (Å²) < 4.78 is 15.7. The standard InChI is InChI=1S/C19H20ClN3O5S/c1-26-14-9-12(10-15(27-2)17(14)28-3)18(25)21-19(29)23-22-16(24)8-11-4-6-13(20)7-5-11/h4-7,9-10H,8H2,1-3H3,(H,22,24)(H2,21,23,25,29). The number of ether oxygens (including phenoxy) is 3. The van der Waals surface area contributed by atoms with Crippen molar-refractivity contribution in [3.05, 3.63) is 52.5 Å². The van der Waals surface area contributed by atoms with Crippen molar-refractivity contribution in [3.8, 4) is 17.2 Å². The van der Waals surface area contributed by atoms with Gasteiger partial charge in [0.1, 0.15) is 0 Å². The summed E-state index contributed by atoms with van der Waals surface area (Å²) in [4.78, 5) is 24.4. The van der Waals surface area contributed by atoms with Crippen LogP contribution >= 0.6 is 23.8 Å². The molecule has 2 amide bonds. The molecule has 0 aliphatic carbocycles. The lowest BCUT2D eigenvalue weighted by molar-refractivity contribution is -0.121. The van der Waals surface area contributed by atoms with E-state index in [2.05, 4.69) is 16.2 Å². The Balaban J connectivity index is 1.94. The second-order valence-electron chi connectivity index (χ2n) is 5.67. The van der Waals surface area contributed by atoms with Gasteiger partial charge in [0.15, 0.2) is 16.6 Å². The maximum atomic E-state index is 12.4. The molecule has 0 saturated heterocycles. The molecule has 0 unspecified atom stereocenters. The molecule has 154 valence electrons. The Kier molecular flexibility index (Phi) is 8.05. The van der Waals surface area contributed by atoms with Gasteiger partial charge in [-0.2, -0.15) is 0 Å². The zero-order chi connectivity index (χ0) is 21.4. The molecule has 2 aromatic carbocycles. The first-order chi connectivity index (χ1) is 13.9. The van der Waals surface area contributed by atoms with E-state index in [1.54, 1.807) is 24.3 Å². The average Bonchev–Trinajstić information content (AvgIpc) is 2.72. The molecule has 0 heterocycles. The van der Waals surface area contributed by atoms with Crippen molar-refractivity contribution in [2.75, 3.05) is 21.3 Å². The van der Waals surface area contributed by atoms with Crippen molar-refractivity contribution in [2.24, 2.45) is 0 Å². The maximum absolute atomic E-state index is 12.4.